The summed E-state index contributed by atoms with van der Waals surface area (Å²) in [6, 6.07) is 8.42. The Morgan fingerprint density at radius 3 is 2.67 bits per heavy atom. The largest absolute Gasteiger partial charge is 0.493 e. The summed E-state index contributed by atoms with van der Waals surface area (Å²) in [4.78, 5) is 2.51. The number of nitrogens with two attached hydrogens (primary N) is 1. The molecular formula is C17H28N2O2. The topological polar surface area (TPSA) is 47.7 Å². The fraction of sp³-hybridized carbons (Fsp3) is 0.647. The van der Waals surface area contributed by atoms with Crippen molar-refractivity contribution in [2.75, 3.05) is 33.4 Å². The quantitative estimate of drug-likeness (QED) is 0.800. The average molecular weight is 292 g/mol. The molecule has 2 unspecified atom stereocenters. The molecule has 0 radical (unpaired) electrons. The molecule has 0 spiro atoms. The molecule has 1 saturated carbocycles. The molecule has 0 amide bonds. The van der Waals surface area contributed by atoms with E-state index in [1.54, 1.807) is 7.11 Å². The second kappa shape index (κ2) is 8.25. The van der Waals surface area contributed by atoms with Gasteiger partial charge in [-0.25, -0.2) is 0 Å². The highest BCUT2D eigenvalue weighted by Gasteiger charge is 2.30. The Morgan fingerprint density at radius 1 is 1.24 bits per heavy atom. The van der Waals surface area contributed by atoms with Crippen LogP contribution in [0.15, 0.2) is 24.3 Å². The van der Waals surface area contributed by atoms with E-state index in [4.69, 9.17) is 15.2 Å². The molecule has 2 rings (SSSR count). The van der Waals surface area contributed by atoms with Crippen LogP contribution in [-0.4, -0.2) is 44.3 Å². The molecule has 1 aromatic rings. The second-order valence-electron chi connectivity index (χ2n) is 5.62. The number of methoxy groups -OCH3 is 1. The molecule has 0 saturated heterocycles. The van der Waals surface area contributed by atoms with Crippen molar-refractivity contribution in [1.82, 2.24) is 4.90 Å². The average Bonchev–Trinajstić information content (AvgIpc) is 3.00. The summed E-state index contributed by atoms with van der Waals surface area (Å²) in [5.41, 5.74) is 5.90. The maximum absolute atomic E-state index is 5.90. The fourth-order valence-corrected chi connectivity index (χ4v) is 3.34. The van der Waals surface area contributed by atoms with E-state index in [0.717, 1.165) is 31.1 Å². The second-order valence-corrected chi connectivity index (χ2v) is 5.62. The van der Waals surface area contributed by atoms with Crippen molar-refractivity contribution in [3.05, 3.63) is 24.3 Å². The van der Waals surface area contributed by atoms with Crippen LogP contribution in [0, 0.1) is 5.92 Å². The Morgan fingerprint density at radius 2 is 2.00 bits per heavy atom. The van der Waals surface area contributed by atoms with Gasteiger partial charge in [0.15, 0.2) is 11.5 Å². The molecule has 0 aliphatic heterocycles. The zero-order valence-corrected chi connectivity index (χ0v) is 13.3. The van der Waals surface area contributed by atoms with Gasteiger partial charge < -0.3 is 15.2 Å². The molecule has 0 aromatic heterocycles. The lowest BCUT2D eigenvalue weighted by Gasteiger charge is -2.31. The monoisotopic (exact) mass is 292 g/mol. The third kappa shape index (κ3) is 4.11. The Labute approximate surface area is 128 Å². The minimum atomic E-state index is 0.626. The van der Waals surface area contributed by atoms with E-state index in [0.29, 0.717) is 18.6 Å². The summed E-state index contributed by atoms with van der Waals surface area (Å²) in [5, 5.41) is 0. The summed E-state index contributed by atoms with van der Waals surface area (Å²) in [6.45, 7) is 5.69. The van der Waals surface area contributed by atoms with Gasteiger partial charge in [-0.3, -0.25) is 4.90 Å². The Bertz CT molecular complexity index is 425. The molecule has 4 nitrogen and oxygen atoms in total. The first-order valence-electron chi connectivity index (χ1n) is 8.00. The van der Waals surface area contributed by atoms with E-state index < -0.39 is 0 Å². The lowest BCUT2D eigenvalue weighted by Crippen LogP contribution is -2.42. The number of benzene rings is 1. The van der Waals surface area contributed by atoms with E-state index in [1.165, 1.54) is 19.3 Å². The molecular weight excluding hydrogens is 264 g/mol. The van der Waals surface area contributed by atoms with Gasteiger partial charge in [0.1, 0.15) is 6.61 Å². The lowest BCUT2D eigenvalue weighted by molar-refractivity contribution is 0.139. The van der Waals surface area contributed by atoms with E-state index in [9.17, 15) is 0 Å². The van der Waals surface area contributed by atoms with Gasteiger partial charge in [0, 0.05) is 12.6 Å². The highest BCUT2D eigenvalue weighted by atomic mass is 16.5. The van der Waals surface area contributed by atoms with E-state index in [-0.39, 0.29) is 0 Å². The maximum atomic E-state index is 5.90. The first-order valence-corrected chi connectivity index (χ1v) is 8.00. The lowest BCUT2D eigenvalue weighted by atomic mass is 10.0. The highest BCUT2D eigenvalue weighted by Crippen LogP contribution is 2.29. The van der Waals surface area contributed by atoms with Gasteiger partial charge in [-0.05, 0) is 44.0 Å². The van der Waals surface area contributed by atoms with Crippen molar-refractivity contribution in [1.29, 1.82) is 0 Å². The SMILES string of the molecule is CCN(CCOc1ccccc1OC)C1CCCC1CN. The molecule has 21 heavy (non-hydrogen) atoms. The summed E-state index contributed by atoms with van der Waals surface area (Å²) in [6.07, 6.45) is 3.84. The van der Waals surface area contributed by atoms with Gasteiger partial charge in [0.25, 0.3) is 0 Å². The predicted octanol–water partition coefficient (Wildman–Crippen LogP) is 2.52. The molecule has 1 aromatic carbocycles. The zero-order valence-electron chi connectivity index (χ0n) is 13.3. The summed E-state index contributed by atoms with van der Waals surface area (Å²) in [5.74, 6) is 2.26. The van der Waals surface area contributed by atoms with Crippen molar-refractivity contribution in [2.45, 2.75) is 32.2 Å². The van der Waals surface area contributed by atoms with Crippen molar-refractivity contribution in [3.8, 4) is 11.5 Å². The Balaban J connectivity index is 1.86. The van der Waals surface area contributed by atoms with Gasteiger partial charge in [-0.2, -0.15) is 0 Å². The van der Waals surface area contributed by atoms with Crippen LogP contribution in [0.1, 0.15) is 26.2 Å². The van der Waals surface area contributed by atoms with Crippen molar-refractivity contribution >= 4 is 0 Å². The number of ether oxygens (including phenoxy) is 2. The molecule has 4 heteroatoms. The van der Waals surface area contributed by atoms with Crippen LogP contribution in [0.2, 0.25) is 0 Å². The summed E-state index contributed by atoms with van der Waals surface area (Å²) < 4.78 is 11.2. The van der Waals surface area contributed by atoms with Crippen LogP contribution < -0.4 is 15.2 Å². The molecule has 2 atom stereocenters. The first kappa shape index (κ1) is 16.1. The number of para-hydroxylation sites is 2. The minimum Gasteiger partial charge on any atom is -0.493 e. The van der Waals surface area contributed by atoms with Gasteiger partial charge in [0.05, 0.1) is 7.11 Å². The highest BCUT2D eigenvalue weighted by molar-refractivity contribution is 5.39. The molecule has 2 N–H and O–H groups in total. The van der Waals surface area contributed by atoms with E-state index in [2.05, 4.69) is 11.8 Å². The van der Waals surface area contributed by atoms with Crippen LogP contribution >= 0.6 is 0 Å². The maximum Gasteiger partial charge on any atom is 0.161 e. The first-order chi connectivity index (χ1) is 10.3. The molecule has 0 bridgehead atoms. The Kier molecular flexibility index (Phi) is 6.33. The molecule has 0 heterocycles. The van der Waals surface area contributed by atoms with Gasteiger partial charge in [-0.1, -0.05) is 25.5 Å². The van der Waals surface area contributed by atoms with Crippen LogP contribution in [0.4, 0.5) is 0 Å². The molecule has 1 fully saturated rings. The predicted molar refractivity (Wildman–Crippen MR) is 85.9 cm³/mol. The van der Waals surface area contributed by atoms with Crippen LogP contribution in [-0.2, 0) is 0 Å². The number of likely N-dealkylation sites (N-methyl/N-ethyl adjacent to an activating group) is 1. The molecule has 1 aliphatic rings. The third-order valence-electron chi connectivity index (χ3n) is 4.50. The van der Waals surface area contributed by atoms with Gasteiger partial charge in [0.2, 0.25) is 0 Å². The number of hydrogen-bond donors (Lipinski definition) is 1. The summed E-state index contributed by atoms with van der Waals surface area (Å²) >= 11 is 0. The van der Waals surface area contributed by atoms with E-state index in [1.807, 2.05) is 24.3 Å². The van der Waals surface area contributed by atoms with Gasteiger partial charge in [-0.15, -0.1) is 0 Å². The van der Waals surface area contributed by atoms with E-state index >= 15 is 0 Å². The summed E-state index contributed by atoms with van der Waals surface area (Å²) in [7, 11) is 1.67. The third-order valence-corrected chi connectivity index (χ3v) is 4.50. The van der Waals surface area contributed by atoms with Crippen molar-refractivity contribution in [2.24, 2.45) is 11.7 Å². The van der Waals surface area contributed by atoms with Crippen LogP contribution in [0.3, 0.4) is 0 Å². The van der Waals surface area contributed by atoms with Crippen LogP contribution in [0.5, 0.6) is 11.5 Å². The smallest absolute Gasteiger partial charge is 0.161 e. The fourth-order valence-electron chi connectivity index (χ4n) is 3.34. The number of rotatable bonds is 8. The Hall–Kier alpha value is -1.26. The van der Waals surface area contributed by atoms with Crippen molar-refractivity contribution in [3.63, 3.8) is 0 Å². The molecule has 118 valence electrons. The minimum absolute atomic E-state index is 0.626. The van der Waals surface area contributed by atoms with Crippen molar-refractivity contribution < 1.29 is 9.47 Å². The standard InChI is InChI=1S/C17H28N2O2/c1-3-19(15-8-6-7-14(15)13-18)11-12-21-17-10-5-4-9-16(17)20-2/h4-5,9-10,14-15H,3,6-8,11-13,18H2,1-2H3. The zero-order chi connectivity index (χ0) is 15.1. The van der Waals surface area contributed by atoms with Gasteiger partial charge >= 0.3 is 0 Å². The normalized spacial score (nSPS) is 21.7. The molecule has 1 aliphatic carbocycles. The van der Waals surface area contributed by atoms with Crippen LogP contribution in [0.25, 0.3) is 0 Å². The number of nitrogens with zero attached hydrogens (tertiary/aromatic N) is 1. The number of hydrogen-bond acceptors (Lipinski definition) is 4.